The van der Waals surface area contributed by atoms with E-state index < -0.39 is 30.1 Å². The first-order valence-electron chi connectivity index (χ1n) is 11.5. The zero-order chi connectivity index (χ0) is 24.3. The number of amides is 4. The number of rotatable bonds is 4. The molecule has 10 heteroatoms. The number of ether oxygens (including phenoxy) is 3. The van der Waals surface area contributed by atoms with Gasteiger partial charge in [-0.25, -0.2) is 4.79 Å². The molecule has 0 aromatic heterocycles. The lowest BCUT2D eigenvalue weighted by Crippen LogP contribution is -2.49. The van der Waals surface area contributed by atoms with Gasteiger partial charge in [0, 0.05) is 25.4 Å². The lowest BCUT2D eigenvalue weighted by atomic mass is 10.0. The van der Waals surface area contributed by atoms with Crippen molar-refractivity contribution in [3.8, 4) is 5.75 Å². The van der Waals surface area contributed by atoms with Crippen molar-refractivity contribution in [2.24, 2.45) is 0 Å². The number of cyclic esters (lactones) is 1. The fourth-order valence-electron chi connectivity index (χ4n) is 5.21. The molecule has 3 atom stereocenters. The normalized spacial score (nSPS) is 25.3. The van der Waals surface area contributed by atoms with E-state index in [0.717, 1.165) is 11.3 Å². The van der Waals surface area contributed by atoms with Crippen molar-refractivity contribution in [2.75, 3.05) is 36.6 Å². The highest BCUT2D eigenvalue weighted by atomic mass is 16.6. The topological polar surface area (TPSA) is 106 Å². The van der Waals surface area contributed by atoms with E-state index >= 15 is 0 Å². The lowest BCUT2D eigenvalue weighted by Gasteiger charge is -2.34. The van der Waals surface area contributed by atoms with E-state index in [4.69, 9.17) is 14.2 Å². The van der Waals surface area contributed by atoms with Crippen LogP contribution in [0.4, 0.5) is 16.2 Å². The molecule has 4 amide bonds. The van der Waals surface area contributed by atoms with Crippen LogP contribution in [0.5, 0.6) is 5.75 Å². The van der Waals surface area contributed by atoms with Crippen molar-refractivity contribution < 1.29 is 33.4 Å². The van der Waals surface area contributed by atoms with Crippen LogP contribution >= 0.6 is 0 Å². The average molecular weight is 477 g/mol. The summed E-state index contributed by atoms with van der Waals surface area (Å²) in [7, 11) is 1.60. The van der Waals surface area contributed by atoms with Crippen LogP contribution in [0.25, 0.3) is 0 Å². The summed E-state index contributed by atoms with van der Waals surface area (Å²) in [6, 6.07) is 11.4. The van der Waals surface area contributed by atoms with Gasteiger partial charge in [-0.2, -0.15) is 0 Å². The zero-order valence-corrected chi connectivity index (χ0v) is 19.0. The first kappa shape index (κ1) is 21.6. The lowest BCUT2D eigenvalue weighted by molar-refractivity contribution is -0.122. The molecule has 4 heterocycles. The van der Waals surface area contributed by atoms with Gasteiger partial charge in [-0.3, -0.25) is 24.2 Å². The number of fused-ring (bicyclic) bond motifs is 4. The van der Waals surface area contributed by atoms with Crippen LogP contribution in [-0.2, 0) is 14.3 Å². The smallest absolute Gasteiger partial charge is 0.415 e. The third-order valence-electron chi connectivity index (χ3n) is 7.09. The summed E-state index contributed by atoms with van der Waals surface area (Å²) in [4.78, 5) is 55.3. The van der Waals surface area contributed by atoms with E-state index in [1.165, 1.54) is 4.90 Å². The summed E-state index contributed by atoms with van der Waals surface area (Å²) in [5.74, 6) is -0.357. The Kier molecular flexibility index (Phi) is 4.99. The fraction of sp³-hybridized carbons (Fsp3) is 0.360. The van der Waals surface area contributed by atoms with Crippen LogP contribution in [0.15, 0.2) is 42.5 Å². The molecule has 4 aliphatic rings. The maximum atomic E-state index is 12.8. The van der Waals surface area contributed by atoms with Crippen LogP contribution in [0.3, 0.4) is 0 Å². The van der Waals surface area contributed by atoms with Gasteiger partial charge in [-0.05, 0) is 30.7 Å². The highest BCUT2D eigenvalue weighted by molar-refractivity contribution is 6.21. The van der Waals surface area contributed by atoms with Crippen molar-refractivity contribution in [2.45, 2.75) is 31.1 Å². The predicted molar refractivity (Wildman–Crippen MR) is 123 cm³/mol. The molecule has 0 aliphatic carbocycles. The van der Waals surface area contributed by atoms with Gasteiger partial charge in [0.1, 0.15) is 24.5 Å². The number of carbonyl (C=O) groups is 4. The Labute approximate surface area is 200 Å². The summed E-state index contributed by atoms with van der Waals surface area (Å²) in [5, 5.41) is 0. The fourth-order valence-corrected chi connectivity index (χ4v) is 5.21. The maximum Gasteiger partial charge on any atom is 0.415 e. The monoisotopic (exact) mass is 477 g/mol. The largest absolute Gasteiger partial charge is 0.489 e. The summed E-state index contributed by atoms with van der Waals surface area (Å²) >= 11 is 0. The van der Waals surface area contributed by atoms with E-state index in [0.29, 0.717) is 41.2 Å². The third kappa shape index (κ3) is 3.35. The van der Waals surface area contributed by atoms with Crippen molar-refractivity contribution in [3.63, 3.8) is 0 Å². The van der Waals surface area contributed by atoms with E-state index in [1.54, 1.807) is 54.5 Å². The van der Waals surface area contributed by atoms with Crippen LogP contribution < -0.4 is 14.5 Å². The minimum atomic E-state index is -0.729. The predicted octanol–water partition coefficient (Wildman–Crippen LogP) is 2.21. The van der Waals surface area contributed by atoms with Crippen molar-refractivity contribution in [1.82, 2.24) is 4.90 Å². The molecule has 180 valence electrons. The number of imide groups is 1. The Balaban J connectivity index is 1.21. The molecule has 0 bridgehead atoms. The number of hydrogen-bond donors (Lipinski definition) is 0. The SMILES string of the molecule is COC1CCN(c2ccc3c(c2)OCC2C(CN4C(=O)c5ccccc5C4=O)OC(=O)N32)C(=O)C1. The minimum Gasteiger partial charge on any atom is -0.489 e. The van der Waals surface area contributed by atoms with Crippen LogP contribution in [-0.4, -0.2) is 73.8 Å². The van der Waals surface area contributed by atoms with Crippen LogP contribution in [0.1, 0.15) is 33.6 Å². The Hall–Kier alpha value is -3.92. The number of methoxy groups -OCH3 is 1. The third-order valence-corrected chi connectivity index (χ3v) is 7.09. The Morgan fingerprint density at radius 3 is 2.46 bits per heavy atom. The molecule has 35 heavy (non-hydrogen) atoms. The number of benzene rings is 2. The van der Waals surface area contributed by atoms with E-state index in [-0.39, 0.29) is 25.2 Å². The van der Waals surface area contributed by atoms with E-state index in [9.17, 15) is 19.2 Å². The molecular weight excluding hydrogens is 454 g/mol. The summed E-state index contributed by atoms with van der Waals surface area (Å²) in [5.41, 5.74) is 1.91. The van der Waals surface area contributed by atoms with Crippen molar-refractivity contribution >= 4 is 35.2 Å². The summed E-state index contributed by atoms with van der Waals surface area (Å²) in [6.45, 7) is 0.613. The summed E-state index contributed by atoms with van der Waals surface area (Å²) < 4.78 is 16.9. The Bertz CT molecular complexity index is 1230. The minimum absolute atomic E-state index is 0.0293. The van der Waals surface area contributed by atoms with E-state index in [1.807, 2.05) is 0 Å². The standard InChI is InChI=1S/C25H23N3O7/c1-33-15-8-9-26(22(29)11-15)14-6-7-18-20(10-14)34-13-19-21(35-25(32)28(18)19)12-27-23(30)16-4-2-3-5-17(16)24(27)31/h2-7,10,15,19,21H,8-9,11-13H2,1H3. The second-order valence-corrected chi connectivity index (χ2v) is 8.98. The van der Waals surface area contributed by atoms with Crippen molar-refractivity contribution in [1.29, 1.82) is 0 Å². The number of carbonyl (C=O) groups excluding carboxylic acids is 4. The second kappa shape index (κ2) is 8.09. The average Bonchev–Trinajstić information content (AvgIpc) is 3.32. The zero-order valence-electron chi connectivity index (χ0n) is 19.0. The van der Waals surface area contributed by atoms with Gasteiger partial charge in [0.15, 0.2) is 0 Å². The molecule has 2 aromatic rings. The molecule has 0 radical (unpaired) electrons. The van der Waals surface area contributed by atoms with Gasteiger partial charge >= 0.3 is 6.09 Å². The molecule has 2 fully saturated rings. The number of hydrogen-bond acceptors (Lipinski definition) is 7. The molecule has 0 saturated carbocycles. The molecular formula is C25H23N3O7. The Morgan fingerprint density at radius 2 is 1.77 bits per heavy atom. The number of anilines is 2. The van der Waals surface area contributed by atoms with Gasteiger partial charge in [0.05, 0.1) is 35.9 Å². The van der Waals surface area contributed by atoms with Gasteiger partial charge in [0.2, 0.25) is 5.91 Å². The van der Waals surface area contributed by atoms with Crippen LogP contribution in [0, 0.1) is 0 Å². The molecule has 10 nitrogen and oxygen atoms in total. The van der Waals surface area contributed by atoms with Gasteiger partial charge in [-0.1, -0.05) is 12.1 Å². The molecule has 4 aliphatic heterocycles. The quantitative estimate of drug-likeness (QED) is 0.622. The molecule has 0 N–H and O–H groups in total. The molecule has 2 saturated heterocycles. The molecule has 3 unspecified atom stereocenters. The number of piperidine rings is 1. The molecule has 2 aromatic carbocycles. The van der Waals surface area contributed by atoms with Crippen LogP contribution in [0.2, 0.25) is 0 Å². The van der Waals surface area contributed by atoms with Crippen molar-refractivity contribution in [3.05, 3.63) is 53.6 Å². The summed E-state index contributed by atoms with van der Waals surface area (Å²) in [6.07, 6.45) is -0.320. The van der Waals surface area contributed by atoms with Gasteiger partial charge in [-0.15, -0.1) is 0 Å². The Morgan fingerprint density at radius 1 is 1.03 bits per heavy atom. The first-order valence-corrected chi connectivity index (χ1v) is 11.5. The maximum absolute atomic E-state index is 12.8. The van der Waals surface area contributed by atoms with Gasteiger partial charge in [0.25, 0.3) is 11.8 Å². The molecule has 0 spiro atoms. The second-order valence-electron chi connectivity index (χ2n) is 8.98. The first-order chi connectivity index (χ1) is 17.0. The number of nitrogens with zero attached hydrogens (tertiary/aromatic N) is 3. The van der Waals surface area contributed by atoms with Gasteiger partial charge < -0.3 is 19.1 Å². The highest BCUT2D eigenvalue weighted by Crippen LogP contribution is 2.42. The highest BCUT2D eigenvalue weighted by Gasteiger charge is 2.49. The van der Waals surface area contributed by atoms with E-state index in [2.05, 4.69) is 0 Å². The molecule has 6 rings (SSSR count).